The highest BCUT2D eigenvalue weighted by Crippen LogP contribution is 2.26. The van der Waals surface area contributed by atoms with Gasteiger partial charge in [-0.05, 0) is 42.0 Å². The summed E-state index contributed by atoms with van der Waals surface area (Å²) in [4.78, 5) is 21.9. The second-order valence-corrected chi connectivity index (χ2v) is 3.62. The predicted octanol–water partition coefficient (Wildman–Crippen LogP) is 2.19. The largest absolute Gasteiger partial charge is 0.415 e. The number of nitrogens with zero attached hydrogens (tertiary/aromatic N) is 4. The van der Waals surface area contributed by atoms with Crippen molar-refractivity contribution in [3.8, 4) is 11.8 Å². The van der Waals surface area contributed by atoms with Gasteiger partial charge in [0, 0.05) is 11.4 Å². The van der Waals surface area contributed by atoms with E-state index in [9.17, 15) is 10.1 Å². The highest BCUT2D eigenvalue weighted by Gasteiger charge is 2.17. The van der Waals surface area contributed by atoms with Gasteiger partial charge in [-0.15, -0.1) is 0 Å². The van der Waals surface area contributed by atoms with Gasteiger partial charge >= 0.3 is 11.8 Å². The van der Waals surface area contributed by atoms with Gasteiger partial charge in [0.05, 0.1) is 0 Å². The van der Waals surface area contributed by atoms with Crippen LogP contribution in [0, 0.1) is 24.0 Å². The van der Waals surface area contributed by atoms with E-state index in [1.807, 2.05) is 0 Å². The van der Waals surface area contributed by atoms with Crippen molar-refractivity contribution < 1.29 is 9.66 Å². The van der Waals surface area contributed by atoms with Crippen LogP contribution < -0.4 is 4.74 Å². The average molecular weight is 246 g/mol. The van der Waals surface area contributed by atoms with Crippen molar-refractivity contribution in [2.75, 3.05) is 0 Å². The summed E-state index contributed by atoms with van der Waals surface area (Å²) in [5.74, 6) is -0.340. The molecule has 0 N–H and O–H groups in total. The Morgan fingerprint density at radius 3 is 2.56 bits per heavy atom. The van der Waals surface area contributed by atoms with Crippen LogP contribution >= 0.6 is 0 Å². The van der Waals surface area contributed by atoms with Gasteiger partial charge < -0.3 is 14.9 Å². The zero-order valence-electron chi connectivity index (χ0n) is 9.82. The van der Waals surface area contributed by atoms with Crippen LogP contribution in [-0.2, 0) is 0 Å². The lowest BCUT2D eigenvalue weighted by Gasteiger charge is -2.05. The van der Waals surface area contributed by atoms with Crippen molar-refractivity contribution in [1.82, 2.24) is 15.0 Å². The third-order valence-electron chi connectivity index (χ3n) is 2.09. The third-order valence-corrected chi connectivity index (χ3v) is 2.09. The van der Waals surface area contributed by atoms with Gasteiger partial charge in [-0.25, -0.2) is 9.97 Å². The van der Waals surface area contributed by atoms with E-state index in [0.717, 1.165) is 11.4 Å². The number of aryl methyl sites for hydroxylation is 2. The third kappa shape index (κ3) is 2.57. The molecule has 0 saturated heterocycles. The lowest BCUT2D eigenvalue weighted by molar-refractivity contribution is -0.390. The number of aromatic nitrogens is 3. The summed E-state index contributed by atoms with van der Waals surface area (Å²) in [5, 5.41) is 10.8. The Bertz CT molecular complexity index is 580. The Morgan fingerprint density at radius 1 is 1.28 bits per heavy atom. The molecule has 0 amide bonds. The van der Waals surface area contributed by atoms with Crippen molar-refractivity contribution in [2.45, 2.75) is 13.8 Å². The van der Waals surface area contributed by atoms with Crippen molar-refractivity contribution in [2.24, 2.45) is 0 Å². The van der Waals surface area contributed by atoms with Crippen molar-refractivity contribution in [1.29, 1.82) is 0 Å². The summed E-state index contributed by atoms with van der Waals surface area (Å²) in [6.07, 6.45) is 1.33. The van der Waals surface area contributed by atoms with Crippen LogP contribution in [-0.4, -0.2) is 19.9 Å². The molecule has 92 valence electrons. The molecule has 2 aromatic rings. The van der Waals surface area contributed by atoms with Crippen LogP contribution in [0.1, 0.15) is 11.4 Å². The smallest absolute Gasteiger partial charge is 0.406 e. The molecule has 0 aliphatic heterocycles. The Morgan fingerprint density at radius 2 is 1.94 bits per heavy atom. The number of hydrogen-bond acceptors (Lipinski definition) is 6. The molecular weight excluding hydrogens is 236 g/mol. The van der Waals surface area contributed by atoms with Crippen LogP contribution in [0.25, 0.3) is 0 Å². The number of nitro groups is 1. The van der Waals surface area contributed by atoms with E-state index in [0.29, 0.717) is 0 Å². The predicted molar refractivity (Wildman–Crippen MR) is 62.5 cm³/mol. The second kappa shape index (κ2) is 4.74. The maximum Gasteiger partial charge on any atom is 0.406 e. The van der Waals surface area contributed by atoms with E-state index in [-0.39, 0.29) is 17.6 Å². The SMILES string of the molecule is Cc1cc(C)nc(Oc2cccnc2[N+](=O)[O-])n1. The summed E-state index contributed by atoms with van der Waals surface area (Å²) < 4.78 is 5.31. The standard InChI is InChI=1S/C11H10N4O3/c1-7-6-8(2)14-11(13-7)18-9-4-3-5-12-10(9)15(16)17/h3-6H,1-2H3. The molecule has 7 heteroatoms. The highest BCUT2D eigenvalue weighted by atomic mass is 16.6. The molecule has 2 rings (SSSR count). The van der Waals surface area contributed by atoms with Crippen LogP contribution in [0.2, 0.25) is 0 Å². The number of ether oxygens (including phenoxy) is 1. The quantitative estimate of drug-likeness (QED) is 0.609. The molecule has 7 nitrogen and oxygen atoms in total. The first-order valence-electron chi connectivity index (χ1n) is 5.16. The van der Waals surface area contributed by atoms with Crippen molar-refractivity contribution in [3.63, 3.8) is 0 Å². The fourth-order valence-corrected chi connectivity index (χ4v) is 1.44. The molecule has 0 aliphatic rings. The fourth-order valence-electron chi connectivity index (χ4n) is 1.44. The zero-order chi connectivity index (χ0) is 13.1. The van der Waals surface area contributed by atoms with Crippen molar-refractivity contribution in [3.05, 3.63) is 45.9 Å². The van der Waals surface area contributed by atoms with Gasteiger partial charge in [0.1, 0.15) is 6.20 Å². The normalized spacial score (nSPS) is 10.1. The Balaban J connectivity index is 2.37. The van der Waals surface area contributed by atoms with Gasteiger partial charge in [-0.3, -0.25) is 0 Å². The van der Waals surface area contributed by atoms with Gasteiger partial charge in [0.15, 0.2) is 0 Å². The van der Waals surface area contributed by atoms with Gasteiger partial charge in [-0.1, -0.05) is 0 Å². The molecule has 2 aromatic heterocycles. The highest BCUT2D eigenvalue weighted by molar-refractivity contribution is 5.40. The van der Waals surface area contributed by atoms with E-state index in [1.54, 1.807) is 26.0 Å². The molecular formula is C11H10N4O3. The Labute approximate surface area is 103 Å². The van der Waals surface area contributed by atoms with E-state index >= 15 is 0 Å². The van der Waals surface area contributed by atoms with Crippen LogP contribution in [0.3, 0.4) is 0 Å². The molecule has 0 radical (unpaired) electrons. The molecule has 0 aromatic carbocycles. The molecule has 0 atom stereocenters. The Hall–Kier alpha value is -2.57. The number of pyridine rings is 1. The van der Waals surface area contributed by atoms with Gasteiger partial charge in [-0.2, -0.15) is 0 Å². The summed E-state index contributed by atoms with van der Waals surface area (Å²) in [7, 11) is 0. The summed E-state index contributed by atoms with van der Waals surface area (Å²) in [5.41, 5.74) is 1.45. The van der Waals surface area contributed by atoms with E-state index < -0.39 is 4.92 Å². The molecule has 0 bridgehead atoms. The number of hydrogen-bond donors (Lipinski definition) is 0. The minimum atomic E-state index is -0.613. The monoisotopic (exact) mass is 246 g/mol. The van der Waals surface area contributed by atoms with Crippen LogP contribution in [0.4, 0.5) is 5.82 Å². The minimum absolute atomic E-state index is 0.0208. The van der Waals surface area contributed by atoms with Crippen LogP contribution in [0.5, 0.6) is 11.8 Å². The maximum absolute atomic E-state index is 10.8. The lowest BCUT2D eigenvalue weighted by atomic mass is 10.4. The molecule has 2 heterocycles. The summed E-state index contributed by atoms with van der Waals surface area (Å²) >= 11 is 0. The Kier molecular flexibility index (Phi) is 3.13. The first-order valence-corrected chi connectivity index (χ1v) is 5.16. The van der Waals surface area contributed by atoms with E-state index in [4.69, 9.17) is 4.74 Å². The zero-order valence-corrected chi connectivity index (χ0v) is 9.82. The molecule has 0 fully saturated rings. The fraction of sp³-hybridized carbons (Fsp3) is 0.182. The lowest BCUT2D eigenvalue weighted by Crippen LogP contribution is -1.99. The molecule has 0 aliphatic carbocycles. The topological polar surface area (TPSA) is 91.0 Å². The van der Waals surface area contributed by atoms with Crippen molar-refractivity contribution >= 4 is 5.82 Å². The summed E-state index contributed by atoms with van der Waals surface area (Å²) in [6.45, 7) is 3.58. The summed E-state index contributed by atoms with van der Waals surface area (Å²) in [6, 6.07) is 4.85. The first-order chi connectivity index (χ1) is 8.56. The van der Waals surface area contributed by atoms with Crippen LogP contribution in [0.15, 0.2) is 24.4 Å². The molecule has 0 saturated carbocycles. The van der Waals surface area contributed by atoms with E-state index in [1.165, 1.54) is 12.3 Å². The second-order valence-electron chi connectivity index (χ2n) is 3.62. The minimum Gasteiger partial charge on any atom is -0.415 e. The van der Waals surface area contributed by atoms with Gasteiger partial charge in [0.2, 0.25) is 5.75 Å². The number of rotatable bonds is 3. The molecule has 0 unspecified atom stereocenters. The molecule has 18 heavy (non-hydrogen) atoms. The molecule has 0 spiro atoms. The average Bonchev–Trinajstić information content (AvgIpc) is 2.27. The first kappa shape index (κ1) is 11.9. The van der Waals surface area contributed by atoms with E-state index in [2.05, 4.69) is 15.0 Å². The maximum atomic E-state index is 10.8. The van der Waals surface area contributed by atoms with Gasteiger partial charge in [0.25, 0.3) is 0 Å².